The van der Waals surface area contributed by atoms with Crippen LogP contribution in [0, 0.1) is 0 Å². The fourth-order valence-corrected chi connectivity index (χ4v) is 1.37. The molecular weight excluding hydrogens is 270 g/mol. The van der Waals surface area contributed by atoms with Crippen LogP contribution in [0.25, 0.3) is 0 Å². The van der Waals surface area contributed by atoms with Gasteiger partial charge in [0.25, 0.3) is 5.91 Å². The van der Waals surface area contributed by atoms with E-state index in [-0.39, 0.29) is 5.91 Å². The monoisotopic (exact) mass is 279 g/mol. The van der Waals surface area contributed by atoms with Gasteiger partial charge < -0.3 is 4.90 Å². The fourth-order valence-electron chi connectivity index (χ4n) is 0.921. The Morgan fingerprint density at radius 3 is 2.69 bits per heavy atom. The zero-order valence-corrected chi connectivity index (χ0v) is 10.1. The summed E-state index contributed by atoms with van der Waals surface area (Å²) in [5.41, 5.74) is 0.424. The highest BCUT2D eigenvalue weighted by atomic mass is 79.9. The first-order chi connectivity index (χ1) is 7.69. The van der Waals surface area contributed by atoms with Crippen molar-refractivity contribution < 1.29 is 4.79 Å². The van der Waals surface area contributed by atoms with Crippen LogP contribution >= 0.6 is 15.9 Å². The molecule has 0 saturated carbocycles. The molecule has 0 aliphatic carbocycles. The summed E-state index contributed by atoms with van der Waals surface area (Å²) in [5, 5.41) is 0. The molecule has 1 aromatic rings. The minimum atomic E-state index is -0.381. The Balaban J connectivity index is 2.88. The summed E-state index contributed by atoms with van der Waals surface area (Å²) >= 11 is 3.15. The summed E-state index contributed by atoms with van der Waals surface area (Å²) in [6, 6.07) is 3.32. The quantitative estimate of drug-likeness (QED) is 0.485. The Labute approximate surface area is 102 Å². The van der Waals surface area contributed by atoms with Gasteiger partial charge in [0.1, 0.15) is 0 Å². The molecule has 0 atom stereocenters. The zero-order chi connectivity index (χ0) is 12.0. The number of amides is 1. The number of carbonyl (C=O) groups is 1. The largest absolute Gasteiger partial charge is 0.304 e. The van der Waals surface area contributed by atoms with Crippen LogP contribution in [0.5, 0.6) is 0 Å². The molecular formula is C11H10BrN3O. The number of aromatic nitrogens is 1. The number of pyridine rings is 1. The first kappa shape index (κ1) is 12.3. The minimum Gasteiger partial charge on any atom is -0.304 e. The van der Waals surface area contributed by atoms with Crippen molar-refractivity contribution in [3.8, 4) is 0 Å². The lowest BCUT2D eigenvalue weighted by atomic mass is 10.3. The van der Waals surface area contributed by atoms with Crippen molar-refractivity contribution in [1.82, 2.24) is 9.88 Å². The predicted molar refractivity (Wildman–Crippen MR) is 67.2 cm³/mol. The third kappa shape index (κ3) is 3.13. The molecule has 0 unspecified atom stereocenters. The van der Waals surface area contributed by atoms with E-state index in [1.165, 1.54) is 23.5 Å². The smallest absolute Gasteiger partial charge is 0.280 e. The molecule has 4 nitrogen and oxygen atoms in total. The molecule has 16 heavy (non-hydrogen) atoms. The fraction of sp³-hybridized carbons (Fsp3) is 0. The molecule has 0 aromatic carbocycles. The molecule has 0 radical (unpaired) electrons. The highest BCUT2D eigenvalue weighted by Gasteiger charge is 2.07. The van der Waals surface area contributed by atoms with Gasteiger partial charge >= 0.3 is 0 Å². The minimum absolute atomic E-state index is 0.325. The molecule has 0 N–H and O–H groups in total. The van der Waals surface area contributed by atoms with Crippen LogP contribution < -0.4 is 0 Å². The van der Waals surface area contributed by atoms with Crippen LogP contribution in [0.2, 0.25) is 0 Å². The number of halogens is 1. The van der Waals surface area contributed by atoms with Gasteiger partial charge in [-0.2, -0.15) is 4.99 Å². The second-order valence-corrected chi connectivity index (χ2v) is 3.41. The van der Waals surface area contributed by atoms with Crippen LogP contribution in [0.3, 0.4) is 0 Å². The number of nitrogens with zero attached hydrogens (tertiary/aromatic N) is 3. The third-order valence-electron chi connectivity index (χ3n) is 1.71. The van der Waals surface area contributed by atoms with E-state index in [2.05, 4.69) is 39.1 Å². The average molecular weight is 280 g/mol. The van der Waals surface area contributed by atoms with Gasteiger partial charge in [0.05, 0.1) is 5.56 Å². The van der Waals surface area contributed by atoms with E-state index in [1.807, 2.05) is 0 Å². The highest BCUT2D eigenvalue weighted by molar-refractivity contribution is 9.18. The Bertz CT molecular complexity index is 420. The second-order valence-electron chi connectivity index (χ2n) is 2.70. The van der Waals surface area contributed by atoms with Gasteiger partial charge in [0.2, 0.25) is 0 Å². The summed E-state index contributed by atoms with van der Waals surface area (Å²) in [5.74, 6) is -0.381. The van der Waals surface area contributed by atoms with E-state index in [9.17, 15) is 4.79 Å². The lowest BCUT2D eigenvalue weighted by Gasteiger charge is -2.10. The molecule has 0 aliphatic heterocycles. The number of hydrogen-bond donors (Lipinski definition) is 0. The van der Waals surface area contributed by atoms with Gasteiger partial charge in [-0.25, -0.2) is 0 Å². The van der Waals surface area contributed by atoms with Gasteiger partial charge in [0, 0.05) is 24.8 Å². The Morgan fingerprint density at radius 2 is 2.19 bits per heavy atom. The molecule has 1 rings (SSSR count). The van der Waals surface area contributed by atoms with Crippen molar-refractivity contribution in [2.45, 2.75) is 0 Å². The first-order valence-corrected chi connectivity index (χ1v) is 5.20. The number of rotatable bonds is 3. The first-order valence-electron chi connectivity index (χ1n) is 4.41. The normalized spacial score (nSPS) is 10.7. The van der Waals surface area contributed by atoms with E-state index < -0.39 is 0 Å². The highest BCUT2D eigenvalue weighted by Crippen LogP contribution is 2.05. The van der Waals surface area contributed by atoms with Crippen LogP contribution in [0.1, 0.15) is 10.4 Å². The summed E-state index contributed by atoms with van der Waals surface area (Å²) in [7, 11) is 0. The van der Waals surface area contributed by atoms with E-state index >= 15 is 0 Å². The van der Waals surface area contributed by atoms with Crippen molar-refractivity contribution in [3.63, 3.8) is 0 Å². The average Bonchev–Trinajstić information content (AvgIpc) is 2.31. The van der Waals surface area contributed by atoms with Crippen LogP contribution in [-0.4, -0.2) is 20.5 Å². The maximum atomic E-state index is 11.6. The molecule has 5 heteroatoms. The molecule has 0 spiro atoms. The Morgan fingerprint density at radius 1 is 1.50 bits per heavy atom. The third-order valence-corrected chi connectivity index (χ3v) is 2.30. The summed E-state index contributed by atoms with van der Waals surface area (Å²) in [4.78, 5) is 20.8. The molecule has 0 saturated heterocycles. The molecule has 1 amide bonds. The number of hydrogen-bond acceptors (Lipinski definition) is 2. The second kappa shape index (κ2) is 5.97. The van der Waals surface area contributed by atoms with E-state index in [1.54, 1.807) is 18.3 Å². The standard InChI is InChI=1S/C11H10BrN3O/c1-3-15(4-2)11(12)14-10(16)9-6-5-7-13-8-9/h3-8H,1-2H2. The van der Waals surface area contributed by atoms with Crippen LogP contribution in [-0.2, 0) is 0 Å². The van der Waals surface area contributed by atoms with Crippen molar-refractivity contribution in [2.75, 3.05) is 0 Å². The van der Waals surface area contributed by atoms with Gasteiger partial charge in [-0.15, -0.1) is 0 Å². The summed E-state index contributed by atoms with van der Waals surface area (Å²) < 4.78 is 0.325. The van der Waals surface area contributed by atoms with Gasteiger partial charge in [-0.05, 0) is 28.1 Å². The summed E-state index contributed by atoms with van der Waals surface area (Å²) in [6.45, 7) is 7.11. The number of amidine groups is 1. The Hall–Kier alpha value is -1.75. The molecule has 1 heterocycles. The van der Waals surface area contributed by atoms with E-state index in [4.69, 9.17) is 0 Å². The molecule has 1 aromatic heterocycles. The van der Waals surface area contributed by atoms with Crippen molar-refractivity contribution >= 4 is 26.6 Å². The lowest BCUT2D eigenvalue weighted by Crippen LogP contribution is -2.14. The molecule has 82 valence electrons. The molecule has 0 fully saturated rings. The summed E-state index contributed by atoms with van der Waals surface area (Å²) in [6.07, 6.45) is 6.02. The maximum Gasteiger partial charge on any atom is 0.280 e. The van der Waals surface area contributed by atoms with E-state index in [0.717, 1.165) is 0 Å². The Kier molecular flexibility index (Phi) is 4.60. The molecule has 0 bridgehead atoms. The van der Waals surface area contributed by atoms with Gasteiger partial charge in [0.15, 0.2) is 4.74 Å². The zero-order valence-electron chi connectivity index (χ0n) is 8.51. The van der Waals surface area contributed by atoms with Crippen LogP contribution in [0.4, 0.5) is 0 Å². The van der Waals surface area contributed by atoms with E-state index in [0.29, 0.717) is 10.3 Å². The number of aliphatic imine (C=N–C) groups is 1. The lowest BCUT2D eigenvalue weighted by molar-refractivity contribution is 0.100. The number of carbonyl (C=O) groups excluding carboxylic acids is 1. The maximum absolute atomic E-state index is 11.6. The topological polar surface area (TPSA) is 45.6 Å². The SMILES string of the molecule is C=CN(C=C)C(Br)=NC(=O)c1cccnc1. The van der Waals surface area contributed by atoms with Crippen molar-refractivity contribution in [1.29, 1.82) is 0 Å². The van der Waals surface area contributed by atoms with Crippen molar-refractivity contribution in [2.24, 2.45) is 4.99 Å². The predicted octanol–water partition coefficient (Wildman–Crippen LogP) is 2.56. The molecule has 0 aliphatic rings. The van der Waals surface area contributed by atoms with Gasteiger partial charge in [-0.3, -0.25) is 9.78 Å². The van der Waals surface area contributed by atoms with Crippen molar-refractivity contribution in [3.05, 3.63) is 55.6 Å². The van der Waals surface area contributed by atoms with Crippen LogP contribution in [0.15, 0.2) is 55.1 Å². The van der Waals surface area contributed by atoms with Gasteiger partial charge in [-0.1, -0.05) is 13.2 Å².